The molecule has 0 rings (SSSR count). The summed E-state index contributed by atoms with van der Waals surface area (Å²) in [5, 5.41) is 3.43. The molecule has 11 heavy (non-hydrogen) atoms. The summed E-state index contributed by atoms with van der Waals surface area (Å²) in [6, 6.07) is 0.890. The third-order valence-electron chi connectivity index (χ3n) is 1.75. The summed E-state index contributed by atoms with van der Waals surface area (Å²) in [5.41, 5.74) is 5.66. The van der Waals surface area contributed by atoms with Gasteiger partial charge in [-0.25, -0.2) is 0 Å². The fraction of sp³-hybridized carbons (Fsp3) is 1.00. The molecule has 0 bridgehead atoms. The summed E-state index contributed by atoms with van der Waals surface area (Å²) in [6.07, 6.45) is 3.60. The largest absolute Gasteiger partial charge is 0.328 e. The van der Waals surface area contributed by atoms with Gasteiger partial charge in [0.1, 0.15) is 0 Å². The molecule has 0 aromatic heterocycles. The van der Waals surface area contributed by atoms with Gasteiger partial charge in [0.25, 0.3) is 0 Å². The van der Waals surface area contributed by atoms with E-state index in [0.717, 1.165) is 13.0 Å². The molecule has 2 unspecified atom stereocenters. The van der Waals surface area contributed by atoms with Crippen molar-refractivity contribution in [3.8, 4) is 0 Å². The van der Waals surface area contributed by atoms with Gasteiger partial charge >= 0.3 is 0 Å². The Kier molecular flexibility index (Phi) is 6.57. The topological polar surface area (TPSA) is 38.0 Å². The zero-order valence-corrected chi connectivity index (χ0v) is 8.06. The Morgan fingerprint density at radius 3 is 2.45 bits per heavy atom. The molecule has 2 atom stereocenters. The summed E-state index contributed by atoms with van der Waals surface area (Å²) in [4.78, 5) is 0. The second kappa shape index (κ2) is 6.62. The lowest BCUT2D eigenvalue weighted by Gasteiger charge is -2.15. The second-order valence-electron chi connectivity index (χ2n) is 3.42. The third kappa shape index (κ3) is 7.82. The highest BCUT2D eigenvalue weighted by atomic mass is 14.9. The smallest absolute Gasteiger partial charge is 0.00533 e. The minimum absolute atomic E-state index is 0.319. The quantitative estimate of drug-likeness (QED) is 0.575. The monoisotopic (exact) mass is 158 g/mol. The van der Waals surface area contributed by atoms with Crippen molar-refractivity contribution < 1.29 is 0 Å². The van der Waals surface area contributed by atoms with E-state index in [4.69, 9.17) is 5.73 Å². The van der Waals surface area contributed by atoms with Crippen LogP contribution >= 0.6 is 0 Å². The van der Waals surface area contributed by atoms with Crippen molar-refractivity contribution in [1.29, 1.82) is 0 Å². The molecule has 0 amide bonds. The van der Waals surface area contributed by atoms with E-state index in [0.29, 0.717) is 12.1 Å². The molecule has 0 heterocycles. The molecule has 3 N–H and O–H groups in total. The van der Waals surface area contributed by atoms with Crippen molar-refractivity contribution in [1.82, 2.24) is 5.32 Å². The summed E-state index contributed by atoms with van der Waals surface area (Å²) in [6.45, 7) is 7.58. The molecule has 68 valence electrons. The van der Waals surface area contributed by atoms with Gasteiger partial charge in [-0.2, -0.15) is 0 Å². The first kappa shape index (κ1) is 10.9. The van der Waals surface area contributed by atoms with E-state index in [1.165, 1.54) is 12.8 Å². The van der Waals surface area contributed by atoms with Gasteiger partial charge in [-0.15, -0.1) is 0 Å². The molecule has 0 saturated carbocycles. The van der Waals surface area contributed by atoms with Gasteiger partial charge in [-0.1, -0.05) is 13.3 Å². The molecule has 2 nitrogen and oxygen atoms in total. The molecule has 0 aliphatic heterocycles. The van der Waals surface area contributed by atoms with Gasteiger partial charge in [0.05, 0.1) is 0 Å². The number of rotatable bonds is 6. The van der Waals surface area contributed by atoms with Crippen LogP contribution in [0.25, 0.3) is 0 Å². The van der Waals surface area contributed by atoms with Crippen LogP contribution in [0, 0.1) is 0 Å². The molecule has 2 heteroatoms. The number of nitrogens with two attached hydrogens (primary N) is 1. The first-order valence-electron chi connectivity index (χ1n) is 4.65. The molecule has 0 aliphatic rings. The fourth-order valence-electron chi connectivity index (χ4n) is 1.17. The second-order valence-corrected chi connectivity index (χ2v) is 3.42. The Morgan fingerprint density at radius 1 is 1.36 bits per heavy atom. The van der Waals surface area contributed by atoms with Crippen LogP contribution in [0.1, 0.15) is 40.0 Å². The van der Waals surface area contributed by atoms with Crippen LogP contribution in [0.2, 0.25) is 0 Å². The predicted octanol–water partition coefficient (Wildman–Crippen LogP) is 1.50. The molecule has 0 aliphatic carbocycles. The highest BCUT2D eigenvalue weighted by Crippen LogP contribution is 1.94. The van der Waals surface area contributed by atoms with Crippen LogP contribution in [0.4, 0.5) is 0 Å². The maximum atomic E-state index is 5.66. The Hall–Kier alpha value is -0.0800. The van der Waals surface area contributed by atoms with Crippen LogP contribution in [0.5, 0.6) is 0 Å². The normalized spacial score (nSPS) is 16.4. The highest BCUT2D eigenvalue weighted by molar-refractivity contribution is 4.65. The number of nitrogens with one attached hydrogen (secondary N) is 1. The number of hydrogen-bond donors (Lipinski definition) is 2. The van der Waals surface area contributed by atoms with Crippen molar-refractivity contribution in [2.45, 2.75) is 52.1 Å². The zero-order valence-electron chi connectivity index (χ0n) is 8.06. The third-order valence-corrected chi connectivity index (χ3v) is 1.75. The maximum absolute atomic E-state index is 5.66. The average molecular weight is 158 g/mol. The lowest BCUT2D eigenvalue weighted by molar-refractivity contribution is 0.471. The fourth-order valence-corrected chi connectivity index (χ4v) is 1.17. The molecular weight excluding hydrogens is 136 g/mol. The van der Waals surface area contributed by atoms with E-state index in [2.05, 4.69) is 26.1 Å². The van der Waals surface area contributed by atoms with E-state index < -0.39 is 0 Å². The van der Waals surface area contributed by atoms with Crippen molar-refractivity contribution >= 4 is 0 Å². The predicted molar refractivity (Wildman–Crippen MR) is 50.6 cm³/mol. The standard InChI is InChI=1S/C9H22N2/c1-4-5-6-11-9(3)7-8(2)10/h8-9,11H,4-7,10H2,1-3H3. The first-order chi connectivity index (χ1) is 5.16. The molecule has 0 fully saturated rings. The van der Waals surface area contributed by atoms with Crippen LogP contribution in [-0.4, -0.2) is 18.6 Å². The minimum Gasteiger partial charge on any atom is -0.328 e. The molecule has 0 radical (unpaired) electrons. The van der Waals surface area contributed by atoms with Gasteiger partial charge in [0.15, 0.2) is 0 Å². The van der Waals surface area contributed by atoms with Crippen molar-refractivity contribution in [3.63, 3.8) is 0 Å². The Labute approximate surface area is 70.5 Å². The first-order valence-corrected chi connectivity index (χ1v) is 4.65. The van der Waals surface area contributed by atoms with E-state index in [1.54, 1.807) is 0 Å². The van der Waals surface area contributed by atoms with Gasteiger partial charge in [0, 0.05) is 12.1 Å². The SMILES string of the molecule is CCCCNC(C)CC(C)N. The Bertz CT molecular complexity index is 81.6. The van der Waals surface area contributed by atoms with E-state index in [9.17, 15) is 0 Å². The minimum atomic E-state index is 0.319. The molecule has 0 saturated heterocycles. The van der Waals surface area contributed by atoms with Crippen molar-refractivity contribution in [3.05, 3.63) is 0 Å². The average Bonchev–Trinajstić information content (AvgIpc) is 1.86. The summed E-state index contributed by atoms with van der Waals surface area (Å²) < 4.78 is 0. The van der Waals surface area contributed by atoms with Crippen molar-refractivity contribution in [2.24, 2.45) is 5.73 Å². The lowest BCUT2D eigenvalue weighted by atomic mass is 10.1. The van der Waals surface area contributed by atoms with E-state index in [1.807, 2.05) is 0 Å². The van der Waals surface area contributed by atoms with Gasteiger partial charge in [-0.05, 0) is 33.2 Å². The van der Waals surface area contributed by atoms with Crippen LogP contribution in [0.15, 0.2) is 0 Å². The van der Waals surface area contributed by atoms with Crippen LogP contribution in [-0.2, 0) is 0 Å². The van der Waals surface area contributed by atoms with Crippen LogP contribution in [0.3, 0.4) is 0 Å². The zero-order chi connectivity index (χ0) is 8.69. The van der Waals surface area contributed by atoms with Gasteiger partial charge < -0.3 is 11.1 Å². The van der Waals surface area contributed by atoms with Crippen molar-refractivity contribution in [2.75, 3.05) is 6.54 Å². The summed E-state index contributed by atoms with van der Waals surface area (Å²) in [7, 11) is 0. The Morgan fingerprint density at radius 2 is 2.00 bits per heavy atom. The molecular formula is C9H22N2. The molecule has 0 aromatic carbocycles. The lowest BCUT2D eigenvalue weighted by Crippen LogP contribution is -2.32. The molecule has 0 aromatic rings. The molecule has 0 spiro atoms. The summed E-state index contributed by atoms with van der Waals surface area (Å²) >= 11 is 0. The highest BCUT2D eigenvalue weighted by Gasteiger charge is 2.02. The maximum Gasteiger partial charge on any atom is 0.00533 e. The van der Waals surface area contributed by atoms with Crippen LogP contribution < -0.4 is 11.1 Å². The number of hydrogen-bond acceptors (Lipinski definition) is 2. The van der Waals surface area contributed by atoms with E-state index in [-0.39, 0.29) is 0 Å². The summed E-state index contributed by atoms with van der Waals surface area (Å²) in [5.74, 6) is 0. The van der Waals surface area contributed by atoms with E-state index >= 15 is 0 Å². The van der Waals surface area contributed by atoms with Gasteiger partial charge in [-0.3, -0.25) is 0 Å². The number of unbranched alkanes of at least 4 members (excludes halogenated alkanes) is 1. The van der Waals surface area contributed by atoms with Gasteiger partial charge in [0.2, 0.25) is 0 Å². The Balaban J connectivity index is 3.15.